The molecule has 7 nitrogen and oxygen atoms in total. The summed E-state index contributed by atoms with van der Waals surface area (Å²) < 4.78 is 21.4. The topological polar surface area (TPSA) is 91.3 Å². The number of carbonyl (C=O) groups is 2. The zero-order valence-corrected chi connectivity index (χ0v) is 19.7. The summed E-state index contributed by atoms with van der Waals surface area (Å²) in [6.07, 6.45) is 14.6. The monoisotopic (exact) mass is 446 g/mol. The number of carbonyl (C=O) groups excluding carboxylic acids is 1. The molecule has 184 valence electrons. The van der Waals surface area contributed by atoms with Crippen molar-refractivity contribution in [2.24, 2.45) is 0 Å². The first-order chi connectivity index (χ1) is 15.2. The molecule has 0 radical (unpaired) electrons. The lowest BCUT2D eigenvalue weighted by molar-refractivity contribution is -0.146. The molecule has 31 heavy (non-hydrogen) atoms. The lowest BCUT2D eigenvalue weighted by Gasteiger charge is -2.08. The second-order valence-corrected chi connectivity index (χ2v) is 7.84. The Morgan fingerprint density at radius 3 is 1.55 bits per heavy atom. The van der Waals surface area contributed by atoms with Gasteiger partial charge in [-0.25, -0.2) is 0 Å². The maximum atomic E-state index is 11.4. The van der Waals surface area contributed by atoms with Gasteiger partial charge in [-0.3, -0.25) is 9.59 Å². The number of rotatable bonds is 25. The number of esters is 1. The van der Waals surface area contributed by atoms with Crippen LogP contribution < -0.4 is 0 Å². The second-order valence-electron chi connectivity index (χ2n) is 7.84. The van der Waals surface area contributed by atoms with E-state index in [-0.39, 0.29) is 25.4 Å². The van der Waals surface area contributed by atoms with E-state index in [9.17, 15) is 9.59 Å². The minimum absolute atomic E-state index is 0.0841. The molecule has 0 heterocycles. The van der Waals surface area contributed by atoms with Gasteiger partial charge in [-0.15, -0.1) is 0 Å². The minimum atomic E-state index is -0.843. The van der Waals surface area contributed by atoms with E-state index < -0.39 is 5.97 Å². The van der Waals surface area contributed by atoms with Crippen molar-refractivity contribution in [3.8, 4) is 0 Å². The van der Waals surface area contributed by atoms with Crippen LogP contribution in [0.4, 0.5) is 0 Å². The quantitative estimate of drug-likeness (QED) is 0.153. The smallest absolute Gasteiger partial charge is 0.305 e. The molecule has 7 heteroatoms. The van der Waals surface area contributed by atoms with E-state index >= 15 is 0 Å². The number of unbranched alkanes of at least 4 members (excludes halogenated alkanes) is 10. The maximum Gasteiger partial charge on any atom is 0.305 e. The van der Waals surface area contributed by atoms with E-state index in [1.54, 1.807) is 0 Å². The first kappa shape index (κ1) is 29.8. The van der Waals surface area contributed by atoms with Gasteiger partial charge in [0.2, 0.25) is 0 Å². The Kier molecular flexibility index (Phi) is 24.1. The summed E-state index contributed by atoms with van der Waals surface area (Å²) in [4.78, 5) is 21.8. The van der Waals surface area contributed by atoms with Crippen LogP contribution in [0.2, 0.25) is 0 Å². The maximum absolute atomic E-state index is 11.4. The predicted molar refractivity (Wildman–Crippen MR) is 121 cm³/mol. The van der Waals surface area contributed by atoms with Crippen LogP contribution in [0.5, 0.6) is 0 Å². The third-order valence-electron chi connectivity index (χ3n) is 4.90. The molecule has 0 bridgehead atoms. The van der Waals surface area contributed by atoms with Crippen LogP contribution in [0, 0.1) is 0 Å². The Balaban J connectivity index is 3.10. The molecule has 0 fully saturated rings. The number of aliphatic carboxylic acids is 1. The van der Waals surface area contributed by atoms with Crippen molar-refractivity contribution in [2.45, 2.75) is 96.8 Å². The molecular formula is C24H46O7. The van der Waals surface area contributed by atoms with Crippen LogP contribution >= 0.6 is 0 Å². The van der Waals surface area contributed by atoms with Crippen molar-refractivity contribution in [3.63, 3.8) is 0 Å². The molecule has 0 atom stereocenters. The van der Waals surface area contributed by atoms with Gasteiger partial charge in [0, 0.05) is 19.4 Å². The van der Waals surface area contributed by atoms with Crippen LogP contribution in [0.15, 0.2) is 0 Å². The van der Waals surface area contributed by atoms with Gasteiger partial charge in [0.05, 0.1) is 33.0 Å². The van der Waals surface area contributed by atoms with Crippen molar-refractivity contribution in [3.05, 3.63) is 0 Å². The van der Waals surface area contributed by atoms with Gasteiger partial charge in [0.25, 0.3) is 0 Å². The fourth-order valence-corrected chi connectivity index (χ4v) is 3.07. The van der Waals surface area contributed by atoms with Gasteiger partial charge in [-0.1, -0.05) is 64.7 Å². The molecule has 0 aliphatic carbocycles. The van der Waals surface area contributed by atoms with Crippen molar-refractivity contribution in [1.29, 1.82) is 0 Å². The van der Waals surface area contributed by atoms with Crippen molar-refractivity contribution < 1.29 is 33.6 Å². The first-order valence-corrected chi connectivity index (χ1v) is 12.3. The van der Waals surface area contributed by atoms with Gasteiger partial charge in [0.15, 0.2) is 0 Å². The summed E-state index contributed by atoms with van der Waals surface area (Å²) in [5, 5.41) is 8.51. The van der Waals surface area contributed by atoms with Gasteiger partial charge in [0.1, 0.15) is 6.61 Å². The average molecular weight is 447 g/mol. The largest absolute Gasteiger partial charge is 0.481 e. The Bertz CT molecular complexity index is 401. The number of carboxylic acid groups (broad SMARTS) is 1. The van der Waals surface area contributed by atoms with E-state index in [0.717, 1.165) is 13.0 Å². The lowest BCUT2D eigenvalue weighted by atomic mass is 10.1. The van der Waals surface area contributed by atoms with Gasteiger partial charge >= 0.3 is 11.9 Å². The highest BCUT2D eigenvalue weighted by atomic mass is 16.6. The molecule has 0 spiro atoms. The van der Waals surface area contributed by atoms with Crippen molar-refractivity contribution in [2.75, 3.05) is 46.2 Å². The van der Waals surface area contributed by atoms with E-state index in [1.165, 1.54) is 57.8 Å². The van der Waals surface area contributed by atoms with Gasteiger partial charge < -0.3 is 24.1 Å². The normalized spacial score (nSPS) is 11.0. The SMILES string of the molecule is CCCCCCCCCCCCOCCOCCOCCOC(=O)CCCCC(=O)O. The summed E-state index contributed by atoms with van der Waals surface area (Å²) in [6.45, 7) is 5.71. The molecule has 0 rings (SSSR count). The third kappa shape index (κ3) is 26.8. The molecule has 0 aromatic carbocycles. The van der Waals surface area contributed by atoms with E-state index in [1.807, 2.05) is 0 Å². The molecule has 0 aliphatic rings. The second kappa shape index (κ2) is 25.1. The van der Waals surface area contributed by atoms with Crippen molar-refractivity contribution >= 4 is 11.9 Å². The molecule has 1 N–H and O–H groups in total. The molecule has 0 unspecified atom stereocenters. The molecule has 0 saturated heterocycles. The summed E-state index contributed by atoms with van der Waals surface area (Å²) in [7, 11) is 0. The van der Waals surface area contributed by atoms with Crippen molar-refractivity contribution in [1.82, 2.24) is 0 Å². The van der Waals surface area contributed by atoms with Crippen LogP contribution in [-0.4, -0.2) is 63.3 Å². The number of hydrogen-bond donors (Lipinski definition) is 1. The number of carboxylic acids is 1. The highest BCUT2D eigenvalue weighted by molar-refractivity contribution is 5.69. The van der Waals surface area contributed by atoms with Gasteiger partial charge in [-0.05, 0) is 19.3 Å². The minimum Gasteiger partial charge on any atom is -0.481 e. The van der Waals surface area contributed by atoms with Crippen LogP contribution in [-0.2, 0) is 28.5 Å². The van der Waals surface area contributed by atoms with Crippen LogP contribution in [0.25, 0.3) is 0 Å². The lowest BCUT2D eigenvalue weighted by Crippen LogP contribution is -2.14. The number of hydrogen-bond acceptors (Lipinski definition) is 6. The summed E-state index contributed by atoms with van der Waals surface area (Å²) in [5.41, 5.74) is 0. The molecule has 0 aromatic rings. The van der Waals surface area contributed by atoms with E-state index in [0.29, 0.717) is 45.9 Å². The first-order valence-electron chi connectivity index (χ1n) is 12.3. The third-order valence-corrected chi connectivity index (χ3v) is 4.90. The molecular weight excluding hydrogens is 400 g/mol. The highest BCUT2D eigenvalue weighted by Gasteiger charge is 2.04. The summed E-state index contributed by atoms with van der Waals surface area (Å²) >= 11 is 0. The average Bonchev–Trinajstić information content (AvgIpc) is 2.75. The molecule has 0 amide bonds. The molecule has 0 saturated carbocycles. The fourth-order valence-electron chi connectivity index (χ4n) is 3.07. The van der Waals surface area contributed by atoms with Crippen LogP contribution in [0.1, 0.15) is 96.8 Å². The summed E-state index contributed by atoms with van der Waals surface area (Å²) in [5.74, 6) is -1.16. The molecule has 0 aromatic heterocycles. The Hall–Kier alpha value is -1.18. The summed E-state index contributed by atoms with van der Waals surface area (Å²) in [6, 6.07) is 0. The standard InChI is InChI=1S/C24H46O7/c1-2-3-4-5-6-7-8-9-10-13-16-28-17-18-29-19-20-30-21-22-31-24(27)15-12-11-14-23(25)26/h2-22H2,1H3,(H,25,26). The zero-order chi connectivity index (χ0) is 22.8. The number of ether oxygens (including phenoxy) is 4. The Labute approximate surface area is 189 Å². The van der Waals surface area contributed by atoms with E-state index in [4.69, 9.17) is 24.1 Å². The van der Waals surface area contributed by atoms with E-state index in [2.05, 4.69) is 6.92 Å². The highest BCUT2D eigenvalue weighted by Crippen LogP contribution is 2.10. The fraction of sp³-hybridized carbons (Fsp3) is 0.917. The zero-order valence-electron chi connectivity index (χ0n) is 19.7. The molecule has 0 aliphatic heterocycles. The van der Waals surface area contributed by atoms with Crippen LogP contribution in [0.3, 0.4) is 0 Å². The predicted octanol–water partition coefficient (Wildman–Crippen LogP) is 5.15. The Morgan fingerprint density at radius 2 is 1.00 bits per heavy atom. The Morgan fingerprint density at radius 1 is 0.548 bits per heavy atom. The van der Waals surface area contributed by atoms with Gasteiger partial charge in [-0.2, -0.15) is 0 Å².